The van der Waals surface area contributed by atoms with Crippen molar-refractivity contribution in [3.05, 3.63) is 0 Å². The first kappa shape index (κ1) is 17.1. The highest BCUT2D eigenvalue weighted by atomic mass is 16.8. The number of hydroxylamine groups is 4. The third-order valence-electron chi connectivity index (χ3n) is 4.89. The third kappa shape index (κ3) is 2.52. The van der Waals surface area contributed by atoms with Gasteiger partial charge in [0.05, 0.1) is 11.1 Å². The zero-order chi connectivity index (χ0) is 16.4. The molecular formula is C15H30N3O3. The Morgan fingerprint density at radius 2 is 1.57 bits per heavy atom. The van der Waals surface area contributed by atoms with Gasteiger partial charge in [-0.25, -0.2) is 0 Å². The standard InChI is InChI=1S/C15H30N3O3/c1-12(2)9-10(16)13(3,4)18(12)21-11-14(5,6)17(19)15(7,8)20-11/h10-11H,9,16H2,1-8H3. The molecule has 0 aromatic rings. The summed E-state index contributed by atoms with van der Waals surface area (Å²) in [6, 6.07) is 0.00776. The molecule has 2 aliphatic rings. The quantitative estimate of drug-likeness (QED) is 0.845. The van der Waals surface area contributed by atoms with Crippen molar-refractivity contribution in [3.63, 3.8) is 0 Å². The molecule has 2 aliphatic heterocycles. The van der Waals surface area contributed by atoms with E-state index in [2.05, 4.69) is 27.7 Å². The maximum Gasteiger partial charge on any atom is 0.200 e. The van der Waals surface area contributed by atoms with Gasteiger partial charge in [-0.05, 0) is 61.8 Å². The Labute approximate surface area is 128 Å². The summed E-state index contributed by atoms with van der Waals surface area (Å²) in [4.78, 5) is 6.18. The minimum absolute atomic E-state index is 0.00776. The lowest BCUT2D eigenvalue weighted by molar-refractivity contribution is -0.337. The summed E-state index contributed by atoms with van der Waals surface area (Å²) in [6.45, 7) is 15.5. The molecule has 2 fully saturated rings. The maximum absolute atomic E-state index is 12.4. The van der Waals surface area contributed by atoms with Crippen LogP contribution in [-0.4, -0.2) is 44.8 Å². The average Bonchev–Trinajstić information content (AvgIpc) is 2.54. The SMILES string of the molecule is CC1(C)CC(N)C(C)(C)N1OC1OC(C)(C)N([O])C1(C)C. The van der Waals surface area contributed by atoms with Crippen molar-refractivity contribution < 1.29 is 14.8 Å². The topological polar surface area (TPSA) is 70.9 Å². The van der Waals surface area contributed by atoms with Crippen LogP contribution in [0, 0.1) is 0 Å². The Kier molecular flexibility index (Phi) is 3.77. The fourth-order valence-corrected chi connectivity index (χ4v) is 3.57. The lowest BCUT2D eigenvalue weighted by atomic mass is 9.95. The third-order valence-corrected chi connectivity index (χ3v) is 4.89. The Morgan fingerprint density at radius 3 is 1.90 bits per heavy atom. The summed E-state index contributed by atoms with van der Waals surface area (Å²) >= 11 is 0. The first-order chi connectivity index (χ1) is 9.23. The number of hydrogen-bond donors (Lipinski definition) is 1. The van der Waals surface area contributed by atoms with E-state index in [1.807, 2.05) is 18.9 Å². The van der Waals surface area contributed by atoms with Gasteiger partial charge >= 0.3 is 0 Å². The van der Waals surface area contributed by atoms with Crippen LogP contribution in [0.2, 0.25) is 0 Å². The number of rotatable bonds is 2. The maximum atomic E-state index is 12.4. The molecule has 0 saturated carbocycles. The number of nitrogens with two attached hydrogens (primary N) is 1. The second-order valence-electron chi connectivity index (χ2n) is 8.52. The van der Waals surface area contributed by atoms with Gasteiger partial charge in [0.15, 0.2) is 6.29 Å². The minimum atomic E-state index is -0.899. The summed E-state index contributed by atoms with van der Waals surface area (Å²) in [6.07, 6.45) is 0.200. The van der Waals surface area contributed by atoms with E-state index >= 15 is 0 Å². The van der Waals surface area contributed by atoms with Crippen molar-refractivity contribution >= 4 is 0 Å². The molecule has 2 heterocycles. The molecule has 0 aromatic heterocycles. The van der Waals surface area contributed by atoms with E-state index in [0.29, 0.717) is 0 Å². The van der Waals surface area contributed by atoms with E-state index in [-0.39, 0.29) is 17.1 Å². The predicted molar refractivity (Wildman–Crippen MR) is 79.2 cm³/mol. The van der Waals surface area contributed by atoms with Gasteiger partial charge in [-0.1, -0.05) is 0 Å². The minimum Gasteiger partial charge on any atom is -0.326 e. The Hall–Kier alpha value is -0.240. The summed E-state index contributed by atoms with van der Waals surface area (Å²) in [7, 11) is 0. The molecule has 0 spiro atoms. The molecule has 0 aromatic carbocycles. The van der Waals surface area contributed by atoms with Crippen LogP contribution in [0.25, 0.3) is 0 Å². The first-order valence-corrected chi connectivity index (χ1v) is 7.61. The number of nitrogens with zero attached hydrogens (tertiary/aromatic N) is 2. The molecular weight excluding hydrogens is 270 g/mol. The van der Waals surface area contributed by atoms with Crippen molar-refractivity contribution in [2.45, 2.75) is 96.5 Å². The van der Waals surface area contributed by atoms with E-state index in [1.54, 1.807) is 13.8 Å². The highest BCUT2D eigenvalue weighted by molar-refractivity contribution is 5.05. The van der Waals surface area contributed by atoms with Gasteiger partial charge < -0.3 is 10.5 Å². The van der Waals surface area contributed by atoms with Crippen LogP contribution in [0.15, 0.2) is 0 Å². The normalized spacial score (nSPS) is 38.0. The van der Waals surface area contributed by atoms with Crippen LogP contribution in [0.3, 0.4) is 0 Å². The first-order valence-electron chi connectivity index (χ1n) is 7.61. The van der Waals surface area contributed by atoms with Crippen LogP contribution < -0.4 is 5.73 Å². The molecule has 2 rings (SSSR count). The lowest BCUT2D eigenvalue weighted by Gasteiger charge is -2.42. The number of hydrogen-bond acceptors (Lipinski definition) is 5. The molecule has 0 bridgehead atoms. The van der Waals surface area contributed by atoms with E-state index in [1.165, 1.54) is 0 Å². The predicted octanol–water partition coefficient (Wildman–Crippen LogP) is 2.03. The molecule has 6 heteroatoms. The van der Waals surface area contributed by atoms with Crippen molar-refractivity contribution in [1.82, 2.24) is 10.1 Å². The van der Waals surface area contributed by atoms with E-state index in [4.69, 9.17) is 15.3 Å². The van der Waals surface area contributed by atoms with Crippen LogP contribution in [0.5, 0.6) is 0 Å². The van der Waals surface area contributed by atoms with Crippen molar-refractivity contribution in [2.75, 3.05) is 0 Å². The molecule has 2 atom stereocenters. The lowest BCUT2D eigenvalue weighted by Crippen LogP contribution is -2.56. The summed E-state index contributed by atoms with van der Waals surface area (Å²) < 4.78 is 5.87. The van der Waals surface area contributed by atoms with Crippen LogP contribution in [0.1, 0.15) is 61.8 Å². The van der Waals surface area contributed by atoms with Crippen LogP contribution in [0.4, 0.5) is 0 Å². The van der Waals surface area contributed by atoms with Gasteiger partial charge in [0.2, 0.25) is 0 Å². The molecule has 6 nitrogen and oxygen atoms in total. The average molecular weight is 300 g/mol. The van der Waals surface area contributed by atoms with Gasteiger partial charge in [-0.2, -0.15) is 5.06 Å². The zero-order valence-electron chi connectivity index (χ0n) is 14.6. The summed E-state index contributed by atoms with van der Waals surface area (Å²) in [5, 5.41) is 15.3. The van der Waals surface area contributed by atoms with Crippen LogP contribution in [-0.2, 0) is 14.8 Å². The molecule has 2 N–H and O–H groups in total. The van der Waals surface area contributed by atoms with E-state index < -0.39 is 17.6 Å². The van der Waals surface area contributed by atoms with Gasteiger partial charge in [0.1, 0.15) is 5.72 Å². The summed E-state index contributed by atoms with van der Waals surface area (Å²) in [5.41, 5.74) is 4.08. The van der Waals surface area contributed by atoms with Crippen molar-refractivity contribution in [1.29, 1.82) is 0 Å². The number of ether oxygens (including phenoxy) is 1. The van der Waals surface area contributed by atoms with Crippen LogP contribution >= 0.6 is 0 Å². The molecule has 2 unspecified atom stereocenters. The van der Waals surface area contributed by atoms with E-state index in [0.717, 1.165) is 11.5 Å². The smallest absolute Gasteiger partial charge is 0.200 e. The molecule has 0 amide bonds. The van der Waals surface area contributed by atoms with Gasteiger partial charge in [-0.3, -0.25) is 4.84 Å². The highest BCUT2D eigenvalue weighted by Crippen LogP contribution is 2.45. The highest BCUT2D eigenvalue weighted by Gasteiger charge is 2.59. The molecule has 0 aliphatic carbocycles. The molecule has 1 radical (unpaired) electrons. The van der Waals surface area contributed by atoms with Gasteiger partial charge in [0, 0.05) is 11.6 Å². The monoisotopic (exact) mass is 300 g/mol. The largest absolute Gasteiger partial charge is 0.326 e. The molecule has 123 valence electrons. The van der Waals surface area contributed by atoms with E-state index in [9.17, 15) is 5.21 Å². The van der Waals surface area contributed by atoms with Crippen molar-refractivity contribution in [2.24, 2.45) is 5.73 Å². The second-order valence-corrected chi connectivity index (χ2v) is 8.52. The Balaban J connectivity index is 2.26. The molecule has 2 saturated heterocycles. The summed E-state index contributed by atoms with van der Waals surface area (Å²) in [5.74, 6) is 0. The second kappa shape index (κ2) is 4.63. The Bertz CT molecular complexity index is 420. The zero-order valence-corrected chi connectivity index (χ0v) is 14.6. The van der Waals surface area contributed by atoms with Gasteiger partial charge in [0.25, 0.3) is 0 Å². The Morgan fingerprint density at radius 1 is 1.05 bits per heavy atom. The van der Waals surface area contributed by atoms with Gasteiger partial charge in [-0.15, -0.1) is 10.3 Å². The van der Waals surface area contributed by atoms with Crippen molar-refractivity contribution in [3.8, 4) is 0 Å². The fourth-order valence-electron chi connectivity index (χ4n) is 3.57. The molecule has 21 heavy (non-hydrogen) atoms. The fraction of sp³-hybridized carbons (Fsp3) is 1.00.